The highest BCUT2D eigenvalue weighted by molar-refractivity contribution is 7.89. The summed E-state index contributed by atoms with van der Waals surface area (Å²) >= 11 is 0. The van der Waals surface area contributed by atoms with Gasteiger partial charge in [-0.05, 0) is 42.8 Å². The Balaban J connectivity index is 1.81. The first-order valence-electron chi connectivity index (χ1n) is 9.63. The minimum atomic E-state index is -4.11. The summed E-state index contributed by atoms with van der Waals surface area (Å²) in [7, 11) is -4.11. The van der Waals surface area contributed by atoms with Gasteiger partial charge < -0.3 is 0 Å². The zero-order valence-corrected chi connectivity index (χ0v) is 18.0. The quantitative estimate of drug-likeness (QED) is 0.415. The number of nitrogens with one attached hydrogen (secondary N) is 1. The van der Waals surface area contributed by atoms with Crippen LogP contribution in [0.4, 0.5) is 8.78 Å². The summed E-state index contributed by atoms with van der Waals surface area (Å²) in [6, 6.07) is 17.4. The summed E-state index contributed by atoms with van der Waals surface area (Å²) in [4.78, 5) is 12.4. The van der Waals surface area contributed by atoms with Crippen LogP contribution in [0.5, 0.6) is 0 Å². The van der Waals surface area contributed by atoms with Gasteiger partial charge in [0.2, 0.25) is 10.0 Å². The van der Waals surface area contributed by atoms with Gasteiger partial charge in [-0.3, -0.25) is 4.79 Å². The van der Waals surface area contributed by atoms with Crippen molar-refractivity contribution in [3.63, 3.8) is 0 Å². The standard InChI is InChI=1S/C23H21F2N3O3S/c1-17-9-11-21(12-10-17)32(30,31)28(15-19-6-2-3-8-22(19)25)16-23(29)27-26-14-18-5-4-7-20(24)13-18/h2-14H,15-16H2,1H3,(H,27,29)/b26-14-. The van der Waals surface area contributed by atoms with Crippen molar-refractivity contribution in [2.75, 3.05) is 6.54 Å². The zero-order valence-electron chi connectivity index (χ0n) is 17.2. The van der Waals surface area contributed by atoms with E-state index in [-0.39, 0.29) is 17.0 Å². The second-order valence-electron chi connectivity index (χ2n) is 7.03. The van der Waals surface area contributed by atoms with Crippen molar-refractivity contribution in [2.24, 2.45) is 5.10 Å². The molecule has 0 unspecified atom stereocenters. The molecule has 0 spiro atoms. The molecule has 0 fully saturated rings. The van der Waals surface area contributed by atoms with E-state index in [1.54, 1.807) is 24.3 Å². The van der Waals surface area contributed by atoms with E-state index in [0.29, 0.717) is 5.56 Å². The first-order chi connectivity index (χ1) is 15.3. The Bertz CT molecular complexity index is 1230. The SMILES string of the molecule is Cc1ccc(S(=O)(=O)N(CC(=O)N/N=C\c2cccc(F)c2)Cc2ccccc2F)cc1. The molecule has 1 N–H and O–H groups in total. The van der Waals surface area contributed by atoms with Gasteiger partial charge in [0.05, 0.1) is 17.7 Å². The van der Waals surface area contributed by atoms with E-state index in [2.05, 4.69) is 10.5 Å². The number of hydrogen-bond donors (Lipinski definition) is 1. The topological polar surface area (TPSA) is 78.8 Å². The van der Waals surface area contributed by atoms with Crippen LogP contribution in [0.1, 0.15) is 16.7 Å². The van der Waals surface area contributed by atoms with E-state index in [9.17, 15) is 22.0 Å². The fourth-order valence-electron chi connectivity index (χ4n) is 2.86. The summed E-state index contributed by atoms with van der Waals surface area (Å²) in [5, 5.41) is 3.74. The number of benzene rings is 3. The normalized spacial score (nSPS) is 11.8. The molecule has 1 amide bonds. The van der Waals surface area contributed by atoms with Gasteiger partial charge in [0, 0.05) is 12.1 Å². The molecule has 0 heterocycles. The third kappa shape index (κ3) is 6.05. The average Bonchev–Trinajstić information content (AvgIpc) is 2.75. The number of rotatable bonds is 8. The maximum Gasteiger partial charge on any atom is 0.255 e. The molecule has 32 heavy (non-hydrogen) atoms. The summed E-state index contributed by atoms with van der Waals surface area (Å²) in [6.07, 6.45) is 1.23. The van der Waals surface area contributed by atoms with Crippen molar-refractivity contribution in [1.29, 1.82) is 0 Å². The lowest BCUT2D eigenvalue weighted by Gasteiger charge is -2.22. The minimum absolute atomic E-state index is 0.0181. The molecule has 0 aliphatic rings. The molecule has 6 nitrogen and oxygen atoms in total. The van der Waals surface area contributed by atoms with Crippen LogP contribution in [0.25, 0.3) is 0 Å². The van der Waals surface area contributed by atoms with Gasteiger partial charge >= 0.3 is 0 Å². The Morgan fingerprint density at radius 3 is 2.44 bits per heavy atom. The Morgan fingerprint density at radius 1 is 1.03 bits per heavy atom. The Hall–Kier alpha value is -3.43. The van der Waals surface area contributed by atoms with Gasteiger partial charge in [-0.15, -0.1) is 0 Å². The van der Waals surface area contributed by atoms with Gasteiger partial charge in [0.1, 0.15) is 11.6 Å². The number of aryl methyl sites for hydroxylation is 1. The molecule has 0 aromatic heterocycles. The largest absolute Gasteiger partial charge is 0.272 e. The second-order valence-corrected chi connectivity index (χ2v) is 8.96. The molecule has 3 aromatic carbocycles. The number of hydrazone groups is 1. The fraction of sp³-hybridized carbons (Fsp3) is 0.130. The van der Waals surface area contributed by atoms with Crippen LogP contribution in [-0.2, 0) is 21.4 Å². The number of nitrogens with zero attached hydrogens (tertiary/aromatic N) is 2. The third-order valence-corrected chi connectivity index (χ3v) is 6.34. The third-order valence-electron chi connectivity index (χ3n) is 4.53. The van der Waals surface area contributed by atoms with Crippen molar-refractivity contribution in [3.05, 3.63) is 101 Å². The van der Waals surface area contributed by atoms with Crippen LogP contribution in [0, 0.1) is 18.6 Å². The van der Waals surface area contributed by atoms with E-state index >= 15 is 0 Å². The minimum Gasteiger partial charge on any atom is -0.272 e. The van der Waals surface area contributed by atoms with Crippen molar-refractivity contribution in [3.8, 4) is 0 Å². The van der Waals surface area contributed by atoms with E-state index in [0.717, 1.165) is 9.87 Å². The highest BCUT2D eigenvalue weighted by Gasteiger charge is 2.27. The van der Waals surface area contributed by atoms with Crippen molar-refractivity contribution in [2.45, 2.75) is 18.4 Å². The van der Waals surface area contributed by atoms with Crippen LogP contribution in [0.15, 0.2) is 82.8 Å². The van der Waals surface area contributed by atoms with E-state index < -0.39 is 34.1 Å². The van der Waals surface area contributed by atoms with Crippen molar-refractivity contribution < 1.29 is 22.0 Å². The molecular formula is C23H21F2N3O3S. The molecule has 166 valence electrons. The predicted octanol–water partition coefficient (Wildman–Crippen LogP) is 3.61. The van der Waals surface area contributed by atoms with Gasteiger partial charge in [0.25, 0.3) is 5.91 Å². The van der Waals surface area contributed by atoms with E-state index in [4.69, 9.17) is 0 Å². The van der Waals surface area contributed by atoms with Crippen LogP contribution in [0.3, 0.4) is 0 Å². The van der Waals surface area contributed by atoms with Crippen molar-refractivity contribution >= 4 is 22.1 Å². The number of sulfonamides is 1. The lowest BCUT2D eigenvalue weighted by Crippen LogP contribution is -2.39. The smallest absolute Gasteiger partial charge is 0.255 e. The highest BCUT2D eigenvalue weighted by atomic mass is 32.2. The molecule has 0 radical (unpaired) electrons. The predicted molar refractivity (Wildman–Crippen MR) is 117 cm³/mol. The second kappa shape index (κ2) is 10.3. The summed E-state index contributed by atoms with van der Waals surface area (Å²) in [5.74, 6) is -1.77. The number of halogens is 2. The molecule has 0 saturated heterocycles. The molecular weight excluding hydrogens is 436 g/mol. The van der Waals surface area contributed by atoms with Gasteiger partial charge in [0.15, 0.2) is 0 Å². The van der Waals surface area contributed by atoms with Crippen LogP contribution < -0.4 is 5.43 Å². The Kier molecular flexibility index (Phi) is 7.45. The summed E-state index contributed by atoms with van der Waals surface area (Å²) in [5.41, 5.74) is 3.63. The van der Waals surface area contributed by atoms with Crippen LogP contribution >= 0.6 is 0 Å². The molecule has 9 heteroatoms. The maximum absolute atomic E-state index is 14.2. The Labute approximate surface area is 185 Å². The van der Waals surface area contributed by atoms with Crippen molar-refractivity contribution in [1.82, 2.24) is 9.73 Å². The highest BCUT2D eigenvalue weighted by Crippen LogP contribution is 2.20. The molecule has 0 atom stereocenters. The number of hydrogen-bond acceptors (Lipinski definition) is 4. The fourth-order valence-corrected chi connectivity index (χ4v) is 4.24. The molecule has 0 saturated carbocycles. The molecule has 0 aliphatic heterocycles. The molecule has 3 aromatic rings. The zero-order chi connectivity index (χ0) is 23.1. The summed E-state index contributed by atoms with van der Waals surface area (Å²) < 4.78 is 54.6. The maximum atomic E-state index is 14.2. The number of carbonyl (C=O) groups is 1. The lowest BCUT2D eigenvalue weighted by molar-refractivity contribution is -0.121. The number of carbonyl (C=O) groups excluding carboxylic acids is 1. The van der Waals surface area contributed by atoms with Gasteiger partial charge in [-0.2, -0.15) is 9.41 Å². The first kappa shape index (κ1) is 23.2. The number of amides is 1. The summed E-state index contributed by atoms with van der Waals surface area (Å²) in [6.45, 7) is 0.881. The molecule has 0 aliphatic carbocycles. The lowest BCUT2D eigenvalue weighted by atomic mass is 10.2. The van der Waals surface area contributed by atoms with Crippen LogP contribution in [0.2, 0.25) is 0 Å². The molecule has 3 rings (SSSR count). The monoisotopic (exact) mass is 457 g/mol. The average molecular weight is 458 g/mol. The van der Waals surface area contributed by atoms with Gasteiger partial charge in [-0.1, -0.05) is 48.0 Å². The Morgan fingerprint density at radius 2 is 1.75 bits per heavy atom. The van der Waals surface area contributed by atoms with E-state index in [1.165, 1.54) is 54.7 Å². The molecule has 0 bridgehead atoms. The van der Waals surface area contributed by atoms with Crippen LogP contribution in [-0.4, -0.2) is 31.4 Å². The van der Waals surface area contributed by atoms with Gasteiger partial charge in [-0.25, -0.2) is 22.6 Å². The van der Waals surface area contributed by atoms with E-state index in [1.807, 2.05) is 6.92 Å². The first-order valence-corrected chi connectivity index (χ1v) is 11.1.